The average Bonchev–Trinajstić information content (AvgIpc) is 2.45. The van der Waals surface area contributed by atoms with Crippen LogP contribution < -0.4 is 0 Å². The van der Waals surface area contributed by atoms with Gasteiger partial charge in [-0.25, -0.2) is 0 Å². The number of hydrogen-bond acceptors (Lipinski definition) is 3. The maximum Gasteiger partial charge on any atom is 0.255 e. The van der Waals surface area contributed by atoms with Gasteiger partial charge in [0.15, 0.2) is 0 Å². The summed E-state index contributed by atoms with van der Waals surface area (Å²) >= 11 is 0. The molecule has 102 valence electrons. The molecule has 4 nitrogen and oxygen atoms in total. The summed E-state index contributed by atoms with van der Waals surface area (Å²) in [7, 11) is 1.65. The zero-order valence-corrected chi connectivity index (χ0v) is 11.3. The first kappa shape index (κ1) is 15.2. The van der Waals surface area contributed by atoms with Gasteiger partial charge in [0, 0.05) is 19.0 Å². The molecular formula is C15H19NO3. The minimum atomic E-state index is -0.244. The molecule has 0 saturated heterocycles. The van der Waals surface area contributed by atoms with Crippen molar-refractivity contribution in [1.82, 2.24) is 4.90 Å². The molecule has 1 aromatic rings. The first-order valence-electron chi connectivity index (χ1n) is 6.18. The van der Waals surface area contributed by atoms with E-state index in [1.165, 1.54) is 4.90 Å². The SMILES string of the molecule is CC(CO)N(C)C(=O)c1ccccc1C#CCCO. The molecule has 1 atom stereocenters. The van der Waals surface area contributed by atoms with E-state index in [2.05, 4.69) is 11.8 Å². The van der Waals surface area contributed by atoms with Gasteiger partial charge in [-0.2, -0.15) is 0 Å². The Morgan fingerprint density at radius 3 is 2.68 bits per heavy atom. The van der Waals surface area contributed by atoms with Crippen LogP contribution in [0.25, 0.3) is 0 Å². The number of benzene rings is 1. The Morgan fingerprint density at radius 2 is 2.05 bits per heavy atom. The molecule has 0 aliphatic rings. The van der Waals surface area contributed by atoms with Gasteiger partial charge in [-0.05, 0) is 19.1 Å². The van der Waals surface area contributed by atoms with Gasteiger partial charge < -0.3 is 15.1 Å². The maximum absolute atomic E-state index is 12.3. The highest BCUT2D eigenvalue weighted by atomic mass is 16.3. The fourth-order valence-electron chi connectivity index (χ4n) is 1.50. The van der Waals surface area contributed by atoms with Crippen molar-refractivity contribution in [2.75, 3.05) is 20.3 Å². The van der Waals surface area contributed by atoms with E-state index < -0.39 is 0 Å². The molecule has 1 unspecified atom stereocenters. The molecule has 1 aromatic carbocycles. The molecule has 0 aliphatic heterocycles. The fourth-order valence-corrected chi connectivity index (χ4v) is 1.50. The number of hydrogen-bond donors (Lipinski definition) is 2. The molecule has 1 amide bonds. The Balaban J connectivity index is 3.01. The van der Waals surface area contributed by atoms with Crippen LogP contribution in [0.4, 0.5) is 0 Å². The summed E-state index contributed by atoms with van der Waals surface area (Å²) in [5.74, 6) is 5.52. The van der Waals surface area contributed by atoms with E-state index in [1.54, 1.807) is 32.2 Å². The molecule has 0 spiro atoms. The minimum Gasteiger partial charge on any atom is -0.395 e. The summed E-state index contributed by atoms with van der Waals surface area (Å²) in [6, 6.07) is 6.84. The van der Waals surface area contributed by atoms with Gasteiger partial charge in [0.05, 0.1) is 24.8 Å². The van der Waals surface area contributed by atoms with Crippen molar-refractivity contribution in [2.45, 2.75) is 19.4 Å². The van der Waals surface area contributed by atoms with E-state index in [1.807, 2.05) is 6.07 Å². The van der Waals surface area contributed by atoms with Crippen LogP contribution in [0.5, 0.6) is 0 Å². The van der Waals surface area contributed by atoms with Gasteiger partial charge in [0.2, 0.25) is 0 Å². The van der Waals surface area contributed by atoms with Gasteiger partial charge in [-0.3, -0.25) is 4.79 Å². The Bertz CT molecular complexity index is 488. The Kier molecular flexibility index (Phi) is 6.07. The van der Waals surface area contributed by atoms with Crippen molar-refractivity contribution in [1.29, 1.82) is 0 Å². The smallest absolute Gasteiger partial charge is 0.255 e. The van der Waals surface area contributed by atoms with Crippen molar-refractivity contribution < 1.29 is 15.0 Å². The molecule has 0 aliphatic carbocycles. The second-order valence-corrected chi connectivity index (χ2v) is 4.27. The van der Waals surface area contributed by atoms with Crippen LogP contribution in [0.1, 0.15) is 29.3 Å². The largest absolute Gasteiger partial charge is 0.395 e. The lowest BCUT2D eigenvalue weighted by Gasteiger charge is -2.23. The van der Waals surface area contributed by atoms with Crippen LogP contribution in [0.3, 0.4) is 0 Å². The fraction of sp³-hybridized carbons (Fsp3) is 0.400. The summed E-state index contributed by atoms with van der Waals surface area (Å²) in [5, 5.41) is 17.8. The monoisotopic (exact) mass is 261 g/mol. The highest BCUT2D eigenvalue weighted by molar-refractivity contribution is 5.96. The van der Waals surface area contributed by atoms with E-state index >= 15 is 0 Å². The first-order valence-corrected chi connectivity index (χ1v) is 6.18. The molecule has 0 saturated carbocycles. The molecular weight excluding hydrogens is 242 g/mol. The summed E-state index contributed by atoms with van der Waals surface area (Å²) in [5.41, 5.74) is 1.15. The van der Waals surface area contributed by atoms with Crippen molar-refractivity contribution in [2.24, 2.45) is 0 Å². The number of rotatable bonds is 4. The number of likely N-dealkylation sites (N-methyl/N-ethyl adjacent to an activating group) is 1. The Hall–Kier alpha value is -1.83. The highest BCUT2D eigenvalue weighted by Crippen LogP contribution is 2.11. The summed E-state index contributed by atoms with van der Waals surface area (Å²) in [4.78, 5) is 13.8. The third-order valence-electron chi connectivity index (χ3n) is 2.86. The topological polar surface area (TPSA) is 60.8 Å². The molecule has 0 aromatic heterocycles. The second kappa shape index (κ2) is 7.57. The van der Waals surface area contributed by atoms with Crippen LogP contribution in [0, 0.1) is 11.8 Å². The number of carbonyl (C=O) groups is 1. The van der Waals surface area contributed by atoms with Crippen LogP contribution in [0.15, 0.2) is 24.3 Å². The lowest BCUT2D eigenvalue weighted by atomic mass is 10.1. The maximum atomic E-state index is 12.3. The average molecular weight is 261 g/mol. The number of nitrogens with zero attached hydrogens (tertiary/aromatic N) is 1. The third kappa shape index (κ3) is 4.09. The molecule has 2 N–H and O–H groups in total. The van der Waals surface area contributed by atoms with Crippen LogP contribution >= 0.6 is 0 Å². The van der Waals surface area contributed by atoms with E-state index in [4.69, 9.17) is 10.2 Å². The van der Waals surface area contributed by atoms with Crippen molar-refractivity contribution >= 4 is 5.91 Å². The number of amides is 1. The Morgan fingerprint density at radius 1 is 1.37 bits per heavy atom. The number of carbonyl (C=O) groups excluding carboxylic acids is 1. The van der Waals surface area contributed by atoms with Gasteiger partial charge >= 0.3 is 0 Å². The van der Waals surface area contributed by atoms with Crippen molar-refractivity contribution in [3.63, 3.8) is 0 Å². The number of aliphatic hydroxyl groups is 2. The van der Waals surface area contributed by atoms with Crippen LogP contribution in [0.2, 0.25) is 0 Å². The summed E-state index contributed by atoms with van der Waals surface area (Å²) in [6.07, 6.45) is 0.380. The molecule has 0 radical (unpaired) electrons. The zero-order chi connectivity index (χ0) is 14.3. The van der Waals surface area contributed by atoms with Crippen LogP contribution in [-0.2, 0) is 0 Å². The molecule has 4 heteroatoms. The second-order valence-electron chi connectivity index (χ2n) is 4.27. The summed E-state index contributed by atoms with van der Waals surface area (Å²) < 4.78 is 0. The van der Waals surface area contributed by atoms with E-state index in [0.717, 1.165) is 0 Å². The quantitative estimate of drug-likeness (QED) is 0.791. The lowest BCUT2D eigenvalue weighted by molar-refractivity contribution is 0.0682. The summed E-state index contributed by atoms with van der Waals surface area (Å²) in [6.45, 7) is 1.70. The molecule has 0 fully saturated rings. The van der Waals surface area contributed by atoms with E-state index in [9.17, 15) is 4.79 Å². The predicted octanol–water partition coefficient (Wildman–Crippen LogP) is 0.873. The molecule has 0 heterocycles. The predicted molar refractivity (Wildman–Crippen MR) is 73.7 cm³/mol. The highest BCUT2D eigenvalue weighted by Gasteiger charge is 2.18. The molecule has 0 bridgehead atoms. The van der Waals surface area contributed by atoms with Gasteiger partial charge in [0.25, 0.3) is 5.91 Å². The Labute approximate surface area is 113 Å². The first-order chi connectivity index (χ1) is 9.11. The third-order valence-corrected chi connectivity index (χ3v) is 2.86. The normalized spacial score (nSPS) is 11.4. The van der Waals surface area contributed by atoms with Crippen LogP contribution in [-0.4, -0.2) is 47.3 Å². The standard InChI is InChI=1S/C15H19NO3/c1-12(11-18)16(2)15(19)14-9-4-3-7-13(14)8-5-6-10-17/h3-4,7,9,12,17-18H,6,10-11H2,1-2H3. The van der Waals surface area contributed by atoms with E-state index in [0.29, 0.717) is 17.5 Å². The van der Waals surface area contributed by atoms with E-state index in [-0.39, 0.29) is 25.2 Å². The lowest BCUT2D eigenvalue weighted by Crippen LogP contribution is -2.37. The van der Waals surface area contributed by atoms with Crippen molar-refractivity contribution in [3.05, 3.63) is 35.4 Å². The van der Waals surface area contributed by atoms with Gasteiger partial charge in [-0.15, -0.1) is 0 Å². The zero-order valence-electron chi connectivity index (χ0n) is 11.3. The van der Waals surface area contributed by atoms with Gasteiger partial charge in [0.1, 0.15) is 0 Å². The number of aliphatic hydroxyl groups excluding tert-OH is 2. The minimum absolute atomic E-state index is 0.00453. The molecule has 1 rings (SSSR count). The van der Waals surface area contributed by atoms with Gasteiger partial charge in [-0.1, -0.05) is 24.0 Å². The van der Waals surface area contributed by atoms with Crippen molar-refractivity contribution in [3.8, 4) is 11.8 Å². The molecule has 19 heavy (non-hydrogen) atoms.